The zero-order valence-electron chi connectivity index (χ0n) is 15.6. The molecule has 2 amide bonds. The third-order valence-electron chi connectivity index (χ3n) is 3.98. The number of hydrogen-bond donors (Lipinski definition) is 2. The van der Waals surface area contributed by atoms with Crippen LogP contribution in [0.25, 0.3) is 0 Å². The summed E-state index contributed by atoms with van der Waals surface area (Å²) >= 11 is 0. The Morgan fingerprint density at radius 3 is 2.45 bits per heavy atom. The third kappa shape index (κ3) is 6.07. The van der Waals surface area contributed by atoms with Gasteiger partial charge in [0, 0.05) is 18.7 Å². The zero-order chi connectivity index (χ0) is 20.5. The quantitative estimate of drug-likeness (QED) is 0.454. The van der Waals surface area contributed by atoms with Crippen molar-refractivity contribution in [2.24, 2.45) is 0 Å². The summed E-state index contributed by atoms with van der Waals surface area (Å²) < 4.78 is 10.2. The van der Waals surface area contributed by atoms with Crippen LogP contribution in [0.1, 0.15) is 32.9 Å². The molecule has 148 valence electrons. The molecule has 0 spiro atoms. The van der Waals surface area contributed by atoms with Gasteiger partial charge in [-0.25, -0.2) is 0 Å². The van der Waals surface area contributed by atoms with Crippen LogP contribution in [0.15, 0.2) is 77.4 Å². The van der Waals surface area contributed by atoms with Crippen molar-refractivity contribution in [3.05, 3.63) is 89.9 Å². The Kier molecular flexibility index (Phi) is 6.78. The van der Waals surface area contributed by atoms with Gasteiger partial charge in [0.05, 0.1) is 12.7 Å². The van der Waals surface area contributed by atoms with E-state index in [0.29, 0.717) is 12.1 Å². The maximum Gasteiger partial charge on any atom is 0.312 e. The van der Waals surface area contributed by atoms with Crippen LogP contribution in [0.2, 0.25) is 0 Å². The number of esters is 1. The predicted molar refractivity (Wildman–Crippen MR) is 105 cm³/mol. The van der Waals surface area contributed by atoms with Gasteiger partial charge in [0.1, 0.15) is 5.75 Å². The predicted octanol–water partition coefficient (Wildman–Crippen LogP) is 2.94. The van der Waals surface area contributed by atoms with Crippen LogP contribution in [-0.2, 0) is 11.3 Å². The first-order valence-electron chi connectivity index (χ1n) is 9.06. The molecule has 29 heavy (non-hydrogen) atoms. The lowest BCUT2D eigenvalue weighted by Crippen LogP contribution is -2.26. The third-order valence-corrected chi connectivity index (χ3v) is 3.98. The fourth-order valence-electron chi connectivity index (χ4n) is 2.54. The van der Waals surface area contributed by atoms with Gasteiger partial charge in [-0.2, -0.15) is 0 Å². The van der Waals surface area contributed by atoms with E-state index in [2.05, 4.69) is 10.6 Å². The number of carbonyl (C=O) groups is 3. The van der Waals surface area contributed by atoms with E-state index in [1.165, 1.54) is 18.4 Å². The van der Waals surface area contributed by atoms with Crippen LogP contribution in [-0.4, -0.2) is 24.3 Å². The molecule has 0 unspecified atom stereocenters. The summed E-state index contributed by atoms with van der Waals surface area (Å²) in [5.41, 5.74) is 1.37. The van der Waals surface area contributed by atoms with Gasteiger partial charge < -0.3 is 19.8 Å². The number of ether oxygens (including phenoxy) is 1. The molecule has 1 aromatic heterocycles. The maximum atomic E-state index is 12.3. The average molecular weight is 392 g/mol. The summed E-state index contributed by atoms with van der Waals surface area (Å²) in [4.78, 5) is 36.0. The summed E-state index contributed by atoms with van der Waals surface area (Å²) in [6.07, 6.45) is 1.38. The lowest BCUT2D eigenvalue weighted by molar-refractivity contribution is -0.134. The number of furan rings is 1. The van der Waals surface area contributed by atoms with E-state index < -0.39 is 11.9 Å². The second kappa shape index (κ2) is 9.89. The topological polar surface area (TPSA) is 97.6 Å². The fourth-order valence-corrected chi connectivity index (χ4v) is 2.54. The van der Waals surface area contributed by atoms with Crippen molar-refractivity contribution in [3.63, 3.8) is 0 Å². The van der Waals surface area contributed by atoms with Crippen molar-refractivity contribution in [2.45, 2.75) is 13.0 Å². The SMILES string of the molecule is O=C(CCNC(=O)c1ccco1)Oc1cccc(C(=O)NCc2ccccc2)c1. The standard InChI is InChI=1S/C22H20N2O5/c25-20(11-12-23-22(27)19-10-5-13-28-19)29-18-9-4-8-17(14-18)21(26)24-15-16-6-2-1-3-7-16/h1-10,13-14H,11-12,15H2,(H,23,27)(H,24,26). The molecule has 0 aliphatic carbocycles. The second-order valence-corrected chi connectivity index (χ2v) is 6.15. The molecule has 0 fully saturated rings. The molecule has 0 aliphatic heterocycles. The highest BCUT2D eigenvalue weighted by molar-refractivity contribution is 5.94. The van der Waals surface area contributed by atoms with E-state index in [9.17, 15) is 14.4 Å². The largest absolute Gasteiger partial charge is 0.459 e. The highest BCUT2D eigenvalue weighted by Crippen LogP contribution is 2.14. The van der Waals surface area contributed by atoms with Crippen LogP contribution >= 0.6 is 0 Å². The summed E-state index contributed by atoms with van der Waals surface area (Å²) in [6.45, 7) is 0.509. The number of benzene rings is 2. The molecule has 0 bridgehead atoms. The van der Waals surface area contributed by atoms with Crippen molar-refractivity contribution in [1.29, 1.82) is 0 Å². The van der Waals surface area contributed by atoms with E-state index in [-0.39, 0.29) is 30.4 Å². The minimum atomic E-state index is -0.522. The van der Waals surface area contributed by atoms with Crippen molar-refractivity contribution in [3.8, 4) is 5.75 Å². The minimum Gasteiger partial charge on any atom is -0.459 e. The maximum absolute atomic E-state index is 12.3. The molecular formula is C22H20N2O5. The first-order valence-corrected chi connectivity index (χ1v) is 9.06. The smallest absolute Gasteiger partial charge is 0.312 e. The molecule has 0 atom stereocenters. The molecule has 2 N–H and O–H groups in total. The molecule has 1 heterocycles. The Balaban J connectivity index is 1.46. The Hall–Kier alpha value is -3.87. The van der Waals surface area contributed by atoms with Crippen LogP contribution in [0.4, 0.5) is 0 Å². The van der Waals surface area contributed by atoms with Crippen molar-refractivity contribution < 1.29 is 23.5 Å². The van der Waals surface area contributed by atoms with E-state index in [1.807, 2.05) is 30.3 Å². The second-order valence-electron chi connectivity index (χ2n) is 6.15. The number of nitrogens with one attached hydrogen (secondary N) is 2. The fraction of sp³-hybridized carbons (Fsp3) is 0.136. The Labute approximate surface area is 167 Å². The molecule has 0 aliphatic rings. The monoisotopic (exact) mass is 392 g/mol. The Morgan fingerprint density at radius 1 is 0.862 bits per heavy atom. The summed E-state index contributed by atoms with van der Waals surface area (Å²) in [6, 6.07) is 19.1. The first-order chi connectivity index (χ1) is 14.1. The summed E-state index contributed by atoms with van der Waals surface area (Å²) in [5, 5.41) is 5.39. The lowest BCUT2D eigenvalue weighted by Gasteiger charge is -2.08. The summed E-state index contributed by atoms with van der Waals surface area (Å²) in [7, 11) is 0. The molecule has 0 radical (unpaired) electrons. The molecule has 3 aromatic rings. The highest BCUT2D eigenvalue weighted by atomic mass is 16.5. The molecule has 3 rings (SSSR count). The van der Waals surface area contributed by atoms with E-state index in [4.69, 9.17) is 9.15 Å². The van der Waals surface area contributed by atoms with Crippen molar-refractivity contribution in [1.82, 2.24) is 10.6 Å². The minimum absolute atomic E-state index is 0.0170. The lowest BCUT2D eigenvalue weighted by atomic mass is 10.2. The number of carbonyl (C=O) groups excluding carboxylic acids is 3. The molecule has 2 aromatic carbocycles. The van der Waals surface area contributed by atoms with Crippen molar-refractivity contribution in [2.75, 3.05) is 6.54 Å². The number of amides is 2. The normalized spacial score (nSPS) is 10.2. The van der Waals surface area contributed by atoms with Gasteiger partial charge >= 0.3 is 5.97 Å². The van der Waals surface area contributed by atoms with E-state index in [1.54, 1.807) is 24.3 Å². The Morgan fingerprint density at radius 2 is 1.69 bits per heavy atom. The van der Waals surface area contributed by atoms with Gasteiger partial charge in [-0.3, -0.25) is 14.4 Å². The van der Waals surface area contributed by atoms with Gasteiger partial charge in [0.25, 0.3) is 11.8 Å². The van der Waals surface area contributed by atoms with Crippen LogP contribution in [0, 0.1) is 0 Å². The van der Waals surface area contributed by atoms with Gasteiger partial charge in [-0.1, -0.05) is 36.4 Å². The Bertz CT molecular complexity index is 968. The van der Waals surface area contributed by atoms with Crippen molar-refractivity contribution >= 4 is 17.8 Å². The van der Waals surface area contributed by atoms with Gasteiger partial charge in [-0.15, -0.1) is 0 Å². The first kappa shape index (κ1) is 19.9. The number of hydrogen-bond acceptors (Lipinski definition) is 5. The van der Waals surface area contributed by atoms with Gasteiger partial charge in [0.2, 0.25) is 0 Å². The molecule has 7 heteroatoms. The molecule has 0 saturated carbocycles. The van der Waals surface area contributed by atoms with Crippen LogP contribution in [0.5, 0.6) is 5.75 Å². The zero-order valence-corrected chi connectivity index (χ0v) is 15.6. The average Bonchev–Trinajstić information content (AvgIpc) is 3.28. The highest BCUT2D eigenvalue weighted by Gasteiger charge is 2.11. The molecule has 7 nitrogen and oxygen atoms in total. The van der Waals surface area contributed by atoms with Crippen LogP contribution < -0.4 is 15.4 Å². The van der Waals surface area contributed by atoms with Gasteiger partial charge in [-0.05, 0) is 35.9 Å². The van der Waals surface area contributed by atoms with Crippen LogP contribution in [0.3, 0.4) is 0 Å². The molecular weight excluding hydrogens is 372 g/mol. The summed E-state index contributed by atoms with van der Waals surface area (Å²) in [5.74, 6) is -0.753. The van der Waals surface area contributed by atoms with E-state index in [0.717, 1.165) is 5.56 Å². The number of rotatable bonds is 8. The molecule has 0 saturated heterocycles. The van der Waals surface area contributed by atoms with Gasteiger partial charge in [0.15, 0.2) is 5.76 Å². The van der Waals surface area contributed by atoms with E-state index >= 15 is 0 Å².